The summed E-state index contributed by atoms with van der Waals surface area (Å²) in [7, 11) is 0. The number of para-hydroxylation sites is 1. The first-order valence-corrected chi connectivity index (χ1v) is 9.43. The number of urea groups is 1. The number of carbonyl (C=O) groups is 2. The first-order chi connectivity index (χ1) is 13.2. The highest BCUT2D eigenvalue weighted by Crippen LogP contribution is 2.23. The number of rotatable bonds is 3. The molecule has 2 aliphatic rings. The Kier molecular flexibility index (Phi) is 4.79. The molecule has 8 heteroatoms. The van der Waals surface area contributed by atoms with Crippen LogP contribution in [0.25, 0.3) is 10.9 Å². The van der Waals surface area contributed by atoms with E-state index in [0.29, 0.717) is 32.6 Å². The molecular weight excluding hydrogens is 344 g/mol. The van der Waals surface area contributed by atoms with Gasteiger partial charge in [-0.1, -0.05) is 12.1 Å². The molecule has 1 aromatic carbocycles. The maximum atomic E-state index is 12.6. The summed E-state index contributed by atoms with van der Waals surface area (Å²) in [5.74, 6) is 1.03. The first kappa shape index (κ1) is 17.5. The fourth-order valence-electron chi connectivity index (χ4n) is 3.80. The highest BCUT2D eigenvalue weighted by atomic mass is 16.2. The third-order valence-electron chi connectivity index (χ3n) is 5.31. The third kappa shape index (κ3) is 3.51. The molecule has 2 fully saturated rings. The summed E-state index contributed by atoms with van der Waals surface area (Å²) in [4.78, 5) is 38.9. The zero-order valence-electron chi connectivity index (χ0n) is 15.5. The molecule has 0 bridgehead atoms. The number of hydrogen-bond acceptors (Lipinski definition) is 5. The van der Waals surface area contributed by atoms with Crippen LogP contribution in [-0.2, 0) is 4.79 Å². The Morgan fingerprint density at radius 3 is 2.70 bits per heavy atom. The third-order valence-corrected chi connectivity index (χ3v) is 5.31. The van der Waals surface area contributed by atoms with Crippen molar-refractivity contribution in [3.05, 3.63) is 30.6 Å². The summed E-state index contributed by atoms with van der Waals surface area (Å²) < 4.78 is 0. The Bertz CT molecular complexity index is 844. The van der Waals surface area contributed by atoms with Crippen LogP contribution in [0.3, 0.4) is 0 Å². The molecular formula is C19H24N6O2. The van der Waals surface area contributed by atoms with Gasteiger partial charge in [-0.3, -0.25) is 4.79 Å². The number of likely N-dealkylation sites (tertiary alicyclic amines) is 1. The van der Waals surface area contributed by atoms with Crippen molar-refractivity contribution in [2.45, 2.75) is 19.4 Å². The maximum Gasteiger partial charge on any atom is 0.317 e. The lowest BCUT2D eigenvalue weighted by atomic mass is 10.2. The number of hydrogen-bond donors (Lipinski definition) is 1. The Hall–Kier alpha value is -2.90. The van der Waals surface area contributed by atoms with Crippen molar-refractivity contribution in [1.82, 2.24) is 25.1 Å². The zero-order chi connectivity index (χ0) is 18.8. The standard InChI is InChI=1S/C19H24N6O2/c1-2-23-12-14(11-17(23)26)22-19(27)25-9-7-24(8-10-25)18-15-5-3-4-6-16(15)20-13-21-18/h3-6,13-14H,2,7-12H2,1H3,(H,22,27)/t14-/m0/s1. The topological polar surface area (TPSA) is 81.7 Å². The van der Waals surface area contributed by atoms with Crippen molar-refractivity contribution in [2.75, 3.05) is 44.2 Å². The second kappa shape index (κ2) is 7.38. The quantitative estimate of drug-likeness (QED) is 0.877. The van der Waals surface area contributed by atoms with Crippen LogP contribution >= 0.6 is 0 Å². The molecule has 0 radical (unpaired) electrons. The fourth-order valence-corrected chi connectivity index (χ4v) is 3.80. The minimum atomic E-state index is -0.0891. The van der Waals surface area contributed by atoms with Gasteiger partial charge < -0.3 is 20.0 Å². The molecule has 3 heterocycles. The van der Waals surface area contributed by atoms with Gasteiger partial charge in [-0.2, -0.15) is 0 Å². The van der Waals surface area contributed by atoms with Crippen molar-refractivity contribution in [1.29, 1.82) is 0 Å². The van der Waals surface area contributed by atoms with E-state index in [9.17, 15) is 9.59 Å². The van der Waals surface area contributed by atoms with E-state index < -0.39 is 0 Å². The number of amides is 3. The van der Waals surface area contributed by atoms with E-state index in [4.69, 9.17) is 0 Å². The summed E-state index contributed by atoms with van der Waals surface area (Å²) in [6.07, 6.45) is 1.99. The molecule has 0 saturated carbocycles. The number of nitrogens with one attached hydrogen (secondary N) is 1. The summed E-state index contributed by atoms with van der Waals surface area (Å²) in [5.41, 5.74) is 0.925. The zero-order valence-corrected chi connectivity index (χ0v) is 15.5. The van der Waals surface area contributed by atoms with Crippen molar-refractivity contribution < 1.29 is 9.59 Å². The van der Waals surface area contributed by atoms with Crippen molar-refractivity contribution in [3.63, 3.8) is 0 Å². The molecule has 8 nitrogen and oxygen atoms in total. The smallest absolute Gasteiger partial charge is 0.317 e. The monoisotopic (exact) mass is 368 g/mol. The number of anilines is 1. The Balaban J connectivity index is 1.36. The molecule has 2 saturated heterocycles. The van der Waals surface area contributed by atoms with Crippen molar-refractivity contribution in [3.8, 4) is 0 Å². The second-order valence-corrected chi connectivity index (χ2v) is 6.97. The first-order valence-electron chi connectivity index (χ1n) is 9.43. The van der Waals surface area contributed by atoms with Crippen LogP contribution in [0.15, 0.2) is 30.6 Å². The van der Waals surface area contributed by atoms with E-state index in [0.717, 1.165) is 29.8 Å². The molecule has 4 rings (SSSR count). The fraction of sp³-hybridized carbons (Fsp3) is 0.474. The molecule has 3 amide bonds. The largest absolute Gasteiger partial charge is 0.352 e. The average Bonchev–Trinajstić information content (AvgIpc) is 3.06. The minimum absolute atomic E-state index is 0.0852. The Morgan fingerprint density at radius 2 is 1.96 bits per heavy atom. The SMILES string of the molecule is CCN1C[C@@H](NC(=O)N2CCN(c3ncnc4ccccc34)CC2)CC1=O. The van der Waals surface area contributed by atoms with Crippen molar-refractivity contribution in [2.24, 2.45) is 0 Å². The molecule has 1 N–H and O–H groups in total. The summed E-state index contributed by atoms with van der Waals surface area (Å²) >= 11 is 0. The van der Waals surface area contributed by atoms with E-state index >= 15 is 0 Å². The van der Waals surface area contributed by atoms with Gasteiger partial charge >= 0.3 is 6.03 Å². The summed E-state index contributed by atoms with van der Waals surface area (Å²) in [5, 5.41) is 4.04. The summed E-state index contributed by atoms with van der Waals surface area (Å²) in [6, 6.07) is 7.79. The van der Waals surface area contributed by atoms with Gasteiger partial charge in [0.15, 0.2) is 0 Å². The van der Waals surface area contributed by atoms with Crippen LogP contribution in [0, 0.1) is 0 Å². The minimum Gasteiger partial charge on any atom is -0.352 e. The maximum absolute atomic E-state index is 12.6. The number of aromatic nitrogens is 2. The van der Waals surface area contributed by atoms with Crippen LogP contribution < -0.4 is 10.2 Å². The Labute approximate surface area is 158 Å². The predicted octanol–water partition coefficient (Wildman–Crippen LogP) is 1.08. The van der Waals surface area contributed by atoms with Gasteiger partial charge in [0.25, 0.3) is 0 Å². The molecule has 0 spiro atoms. The van der Waals surface area contributed by atoms with Crippen LogP contribution in [0.1, 0.15) is 13.3 Å². The van der Waals surface area contributed by atoms with E-state index in [1.54, 1.807) is 11.2 Å². The van der Waals surface area contributed by atoms with Gasteiger partial charge in [0.1, 0.15) is 12.1 Å². The number of likely N-dealkylation sites (N-methyl/N-ethyl adjacent to an activating group) is 1. The molecule has 0 unspecified atom stereocenters. The summed E-state index contributed by atoms with van der Waals surface area (Å²) in [6.45, 7) is 5.95. The van der Waals surface area contributed by atoms with E-state index in [1.807, 2.05) is 36.1 Å². The number of fused-ring (bicyclic) bond motifs is 1. The lowest BCUT2D eigenvalue weighted by molar-refractivity contribution is -0.127. The Morgan fingerprint density at radius 1 is 1.19 bits per heavy atom. The molecule has 1 atom stereocenters. The molecule has 2 aliphatic heterocycles. The van der Waals surface area contributed by atoms with E-state index in [-0.39, 0.29) is 18.0 Å². The molecule has 0 aliphatic carbocycles. The van der Waals surface area contributed by atoms with Gasteiger partial charge in [0.2, 0.25) is 5.91 Å². The van der Waals surface area contributed by atoms with Gasteiger partial charge in [0, 0.05) is 51.1 Å². The average molecular weight is 368 g/mol. The van der Waals surface area contributed by atoms with Crippen LogP contribution in [0.2, 0.25) is 0 Å². The highest BCUT2D eigenvalue weighted by molar-refractivity contribution is 5.89. The van der Waals surface area contributed by atoms with Crippen molar-refractivity contribution >= 4 is 28.7 Å². The number of nitrogens with zero attached hydrogens (tertiary/aromatic N) is 5. The van der Waals surface area contributed by atoms with Crippen LogP contribution in [-0.4, -0.2) is 77.0 Å². The van der Waals surface area contributed by atoms with Crippen LogP contribution in [0.5, 0.6) is 0 Å². The normalized spacial score (nSPS) is 20.4. The lowest BCUT2D eigenvalue weighted by Gasteiger charge is -2.36. The molecule has 142 valence electrons. The van der Waals surface area contributed by atoms with E-state index in [1.165, 1.54) is 0 Å². The highest BCUT2D eigenvalue weighted by Gasteiger charge is 2.31. The number of benzene rings is 1. The van der Waals surface area contributed by atoms with Gasteiger partial charge in [-0.05, 0) is 19.1 Å². The number of carbonyl (C=O) groups excluding carboxylic acids is 2. The van der Waals surface area contributed by atoms with Gasteiger partial charge in [-0.15, -0.1) is 0 Å². The lowest BCUT2D eigenvalue weighted by Crippen LogP contribution is -2.54. The predicted molar refractivity (Wildman–Crippen MR) is 103 cm³/mol. The number of piperazine rings is 1. The van der Waals surface area contributed by atoms with Gasteiger partial charge in [0.05, 0.1) is 11.6 Å². The molecule has 1 aromatic heterocycles. The van der Waals surface area contributed by atoms with E-state index in [2.05, 4.69) is 20.2 Å². The van der Waals surface area contributed by atoms with Crippen LogP contribution in [0.4, 0.5) is 10.6 Å². The molecule has 27 heavy (non-hydrogen) atoms. The second-order valence-electron chi connectivity index (χ2n) is 6.97. The molecule has 2 aromatic rings. The van der Waals surface area contributed by atoms with Gasteiger partial charge in [-0.25, -0.2) is 14.8 Å².